The molecule has 1 heterocycles. The number of hydrogen-bond donors (Lipinski definition) is 5. The second kappa shape index (κ2) is 12.3. The van der Waals surface area contributed by atoms with E-state index in [-0.39, 0.29) is 52.2 Å². The number of phenolic OH excluding ortho intramolecular Hbond substituents is 1. The summed E-state index contributed by atoms with van der Waals surface area (Å²) in [6, 6.07) is 11.7. The van der Waals surface area contributed by atoms with Crippen LogP contribution < -0.4 is 21.8 Å². The Morgan fingerprint density at radius 3 is 2.38 bits per heavy atom. The number of primary amides is 1. The van der Waals surface area contributed by atoms with Crippen molar-refractivity contribution in [2.75, 3.05) is 6.54 Å². The highest BCUT2D eigenvalue weighted by Gasteiger charge is 2.23. The zero-order chi connectivity index (χ0) is 30.6. The van der Waals surface area contributed by atoms with Crippen molar-refractivity contribution >= 4 is 40.4 Å². The van der Waals surface area contributed by atoms with Crippen LogP contribution in [0.5, 0.6) is 5.75 Å². The van der Waals surface area contributed by atoms with Gasteiger partial charge in [0.05, 0.1) is 5.56 Å². The molecule has 2 aromatic rings. The number of nitrogens with one attached hydrogen (secondary N) is 2. The lowest BCUT2D eigenvalue weighted by Gasteiger charge is -2.17. The van der Waals surface area contributed by atoms with Crippen LogP contribution in [0, 0.1) is 0 Å². The summed E-state index contributed by atoms with van der Waals surface area (Å²) in [6.07, 6.45) is 0.972. The number of phenols is 1. The van der Waals surface area contributed by atoms with E-state index >= 15 is 0 Å². The molecule has 1 unspecified atom stereocenters. The molecule has 0 saturated carbocycles. The maximum absolute atomic E-state index is 12.8. The number of unbranched alkanes of at least 4 members (excludes halogenated alkanes) is 1. The third kappa shape index (κ3) is 6.44. The van der Waals surface area contributed by atoms with Gasteiger partial charge in [0.1, 0.15) is 23.1 Å². The Balaban J connectivity index is 1.55. The van der Waals surface area contributed by atoms with Crippen LogP contribution in [0.2, 0.25) is 0 Å². The number of carboxylic acids is 1. The highest BCUT2D eigenvalue weighted by Crippen LogP contribution is 2.42. The van der Waals surface area contributed by atoms with Gasteiger partial charge in [-0.15, -0.1) is 0 Å². The van der Waals surface area contributed by atoms with Crippen LogP contribution in [0.1, 0.15) is 46.9 Å². The van der Waals surface area contributed by atoms with Gasteiger partial charge in [0.25, 0.3) is 11.8 Å². The predicted molar refractivity (Wildman–Crippen MR) is 151 cm³/mol. The van der Waals surface area contributed by atoms with Gasteiger partial charge in [-0.1, -0.05) is 6.07 Å². The Bertz CT molecular complexity index is 1760. The molecule has 3 amide bonds. The average molecular weight is 574 g/mol. The third-order valence-corrected chi connectivity index (χ3v) is 6.63. The average Bonchev–Trinajstić information content (AvgIpc) is 2.94. The summed E-state index contributed by atoms with van der Waals surface area (Å²) in [7, 11) is 0. The van der Waals surface area contributed by atoms with E-state index in [0.717, 1.165) is 6.92 Å². The Labute approximate surface area is 238 Å². The van der Waals surface area contributed by atoms with Crippen LogP contribution in [-0.4, -0.2) is 52.3 Å². The van der Waals surface area contributed by atoms with Gasteiger partial charge in [-0.05, 0) is 61.2 Å². The van der Waals surface area contributed by atoms with Crippen molar-refractivity contribution in [3.8, 4) is 28.2 Å². The number of nitrogens with two attached hydrogens (primary N) is 1. The quantitative estimate of drug-likeness (QED) is 0.101. The van der Waals surface area contributed by atoms with E-state index in [4.69, 9.17) is 10.2 Å². The van der Waals surface area contributed by atoms with E-state index < -0.39 is 35.5 Å². The van der Waals surface area contributed by atoms with Crippen molar-refractivity contribution in [2.45, 2.75) is 32.2 Å². The molecule has 12 heteroatoms. The van der Waals surface area contributed by atoms with Crippen molar-refractivity contribution in [2.24, 2.45) is 5.73 Å². The molecule has 1 atom stereocenters. The highest BCUT2D eigenvalue weighted by molar-refractivity contribution is 6.35. The first-order valence-corrected chi connectivity index (χ1v) is 12.9. The minimum Gasteiger partial charge on any atom is -0.508 e. The van der Waals surface area contributed by atoms with Crippen molar-refractivity contribution in [3.05, 3.63) is 75.9 Å². The normalized spacial score (nSPS) is 11.6. The molecular weight excluding hydrogens is 546 g/mol. The van der Waals surface area contributed by atoms with Gasteiger partial charge in [0.15, 0.2) is 5.43 Å². The number of carbonyl (C=O) groups is 5. The molecule has 0 radical (unpaired) electrons. The lowest BCUT2D eigenvalue weighted by atomic mass is 9.90. The molecule has 0 aromatic heterocycles. The number of aromatic carboxylic acids is 1. The number of carbonyl (C=O) groups excluding carboxylic acids is 4. The minimum absolute atomic E-state index is 0.0775. The highest BCUT2D eigenvalue weighted by atomic mass is 16.4. The largest absolute Gasteiger partial charge is 0.508 e. The fraction of sp³-hybridized carbons (Fsp3) is 0.200. The summed E-state index contributed by atoms with van der Waals surface area (Å²) in [6.45, 7) is 1.26. The summed E-state index contributed by atoms with van der Waals surface area (Å²) in [4.78, 5) is 71.4. The maximum Gasteiger partial charge on any atom is 0.336 e. The van der Waals surface area contributed by atoms with Crippen LogP contribution in [-0.2, 0) is 14.4 Å². The number of amides is 3. The second-order valence-corrected chi connectivity index (χ2v) is 9.62. The van der Waals surface area contributed by atoms with Gasteiger partial charge < -0.3 is 31.0 Å². The van der Waals surface area contributed by atoms with Gasteiger partial charge in [0, 0.05) is 47.7 Å². The number of fused-ring (bicyclic) bond motifs is 2. The van der Waals surface area contributed by atoms with E-state index in [2.05, 4.69) is 10.6 Å². The maximum atomic E-state index is 12.8. The molecule has 12 nitrogen and oxygen atoms in total. The molecule has 0 bridgehead atoms. The van der Waals surface area contributed by atoms with Gasteiger partial charge in [-0.3, -0.25) is 24.0 Å². The monoisotopic (exact) mass is 573 g/mol. The topological polar surface area (TPSA) is 206 Å². The second-order valence-electron chi connectivity index (χ2n) is 9.62. The number of rotatable bonds is 11. The third-order valence-electron chi connectivity index (χ3n) is 6.63. The molecule has 0 fully saturated rings. The summed E-state index contributed by atoms with van der Waals surface area (Å²) >= 11 is 0. The van der Waals surface area contributed by atoms with Gasteiger partial charge in [-0.25, -0.2) is 4.79 Å². The van der Waals surface area contributed by atoms with E-state index in [1.165, 1.54) is 48.5 Å². The first-order chi connectivity index (χ1) is 20.0. The number of carboxylic acid groups (broad SMARTS) is 1. The number of ketones is 1. The minimum atomic E-state index is -1.29. The van der Waals surface area contributed by atoms with Gasteiger partial charge >= 0.3 is 5.97 Å². The zero-order valence-corrected chi connectivity index (χ0v) is 22.4. The molecule has 0 saturated heterocycles. The number of hydrogen-bond acceptors (Lipinski definition) is 8. The molecule has 42 heavy (non-hydrogen) atoms. The number of benzene rings is 3. The van der Waals surface area contributed by atoms with Crippen LogP contribution in [0.4, 0.5) is 0 Å². The molecule has 2 aliphatic rings. The zero-order valence-electron chi connectivity index (χ0n) is 22.4. The summed E-state index contributed by atoms with van der Waals surface area (Å²) in [5.41, 5.74) is 6.33. The summed E-state index contributed by atoms with van der Waals surface area (Å²) in [5, 5.41) is 25.5. The molecular formula is C30H27N3O9. The van der Waals surface area contributed by atoms with E-state index in [9.17, 15) is 39.0 Å². The SMILES string of the molecule is CC(=O)C(=O)NC(CCCCNC(=O)c1ccc(-c2c3ccc(=O)cc-3oc3cc(O)ccc23)c(C(=O)O)c1)C(N)=O. The smallest absolute Gasteiger partial charge is 0.336 e. The van der Waals surface area contributed by atoms with Crippen molar-refractivity contribution in [1.29, 1.82) is 0 Å². The van der Waals surface area contributed by atoms with Crippen LogP contribution in [0.25, 0.3) is 33.4 Å². The van der Waals surface area contributed by atoms with Crippen molar-refractivity contribution in [1.82, 2.24) is 10.6 Å². The number of Topliss-reactive ketones (excluding diaryl/α,β-unsaturated/α-hetero) is 1. The Morgan fingerprint density at radius 1 is 0.952 bits per heavy atom. The van der Waals surface area contributed by atoms with Crippen LogP contribution in [0.15, 0.2) is 63.8 Å². The van der Waals surface area contributed by atoms with Crippen molar-refractivity contribution in [3.63, 3.8) is 0 Å². The standard InChI is InChI=1S/C30H27N3O9/c1-15(34)28(38)33-23(27(31)37)4-2-3-11-32-29(39)16-5-8-19(22(12-16)30(40)41)26-20-9-6-17(35)13-24(20)42-25-14-18(36)7-10-21(25)26/h5-10,12-14,23,35H,2-4,11H2,1H3,(H2,31,37)(H,32,39)(H,33,38)(H,40,41). The van der Waals surface area contributed by atoms with Crippen LogP contribution in [0.3, 0.4) is 0 Å². The van der Waals surface area contributed by atoms with E-state index in [1.807, 2.05) is 0 Å². The molecule has 2 aromatic carbocycles. The Hall–Kier alpha value is -5.52. The molecule has 4 rings (SSSR count). The van der Waals surface area contributed by atoms with Gasteiger partial charge in [-0.2, -0.15) is 0 Å². The van der Waals surface area contributed by atoms with Crippen molar-refractivity contribution < 1.29 is 38.6 Å². The van der Waals surface area contributed by atoms with E-state index in [1.54, 1.807) is 6.07 Å². The predicted octanol–water partition coefficient (Wildman–Crippen LogP) is 2.43. The lowest BCUT2D eigenvalue weighted by molar-refractivity contribution is -0.138. The Kier molecular flexibility index (Phi) is 8.65. The fourth-order valence-electron chi connectivity index (χ4n) is 4.55. The lowest BCUT2D eigenvalue weighted by Crippen LogP contribution is -2.46. The summed E-state index contributed by atoms with van der Waals surface area (Å²) in [5.74, 6) is -4.14. The summed E-state index contributed by atoms with van der Waals surface area (Å²) < 4.78 is 5.82. The molecule has 1 aliphatic heterocycles. The fourth-order valence-corrected chi connectivity index (χ4v) is 4.55. The Morgan fingerprint density at radius 2 is 1.69 bits per heavy atom. The number of aromatic hydroxyl groups is 1. The van der Waals surface area contributed by atoms with E-state index in [0.29, 0.717) is 29.4 Å². The molecule has 1 aliphatic carbocycles. The van der Waals surface area contributed by atoms with Gasteiger partial charge in [0.2, 0.25) is 11.7 Å². The first-order valence-electron chi connectivity index (χ1n) is 12.9. The molecule has 6 N–H and O–H groups in total. The molecule has 216 valence electrons. The molecule has 0 spiro atoms. The first kappa shape index (κ1) is 29.5. The van der Waals surface area contributed by atoms with Crippen LogP contribution >= 0.6 is 0 Å².